The lowest BCUT2D eigenvalue weighted by Crippen LogP contribution is -2.43. The van der Waals surface area contributed by atoms with E-state index in [0.717, 1.165) is 25.3 Å². The average molecular weight is 355 g/mol. The molecule has 3 rings (SSSR count). The first-order valence-corrected chi connectivity index (χ1v) is 8.56. The monoisotopic (exact) mass is 355 g/mol. The summed E-state index contributed by atoms with van der Waals surface area (Å²) in [6.07, 6.45) is 0. The lowest BCUT2D eigenvalue weighted by Gasteiger charge is -2.30. The van der Waals surface area contributed by atoms with Gasteiger partial charge in [-0.1, -0.05) is 18.2 Å². The van der Waals surface area contributed by atoms with Crippen LogP contribution in [0.15, 0.2) is 54.6 Å². The van der Waals surface area contributed by atoms with Crippen LogP contribution in [0.3, 0.4) is 0 Å². The molecule has 0 aromatic heterocycles. The molecule has 1 heterocycles. The first kappa shape index (κ1) is 18.0. The van der Waals surface area contributed by atoms with Gasteiger partial charge in [0.05, 0.1) is 18.1 Å². The molecule has 0 saturated carbocycles. The Bertz CT molecular complexity index is 743. The Morgan fingerprint density at radius 3 is 2.35 bits per heavy atom. The molecule has 7 heteroatoms. The number of ether oxygens (including phenoxy) is 1. The van der Waals surface area contributed by atoms with E-state index in [1.807, 2.05) is 30.3 Å². The Morgan fingerprint density at radius 1 is 1.08 bits per heavy atom. The highest BCUT2D eigenvalue weighted by atomic mass is 16.6. The first-order valence-electron chi connectivity index (χ1n) is 8.56. The average Bonchev–Trinajstić information content (AvgIpc) is 2.69. The van der Waals surface area contributed by atoms with E-state index in [4.69, 9.17) is 4.74 Å². The van der Waals surface area contributed by atoms with Gasteiger partial charge >= 0.3 is 0 Å². The lowest BCUT2D eigenvalue weighted by molar-refractivity contribution is -0.384. The molecule has 0 radical (unpaired) electrons. The normalized spacial score (nSPS) is 14.8. The van der Waals surface area contributed by atoms with Crippen molar-refractivity contribution in [3.63, 3.8) is 0 Å². The van der Waals surface area contributed by atoms with Crippen LogP contribution >= 0.6 is 0 Å². The molecule has 0 unspecified atom stereocenters. The summed E-state index contributed by atoms with van der Waals surface area (Å²) in [5.41, 5.74) is 1.21. The van der Waals surface area contributed by atoms with E-state index in [1.54, 1.807) is 4.90 Å². The number of hydrogen-bond donors (Lipinski definition) is 0. The van der Waals surface area contributed by atoms with E-state index in [9.17, 15) is 14.9 Å². The molecule has 0 N–H and O–H groups in total. The number of amides is 1. The number of rotatable bonds is 6. The Morgan fingerprint density at radius 2 is 1.73 bits per heavy atom. The summed E-state index contributed by atoms with van der Waals surface area (Å²) in [5.74, 6) is -0.167. The second kappa shape index (κ2) is 8.55. The van der Waals surface area contributed by atoms with Gasteiger partial charge in [0.15, 0.2) is 0 Å². The SMILES string of the molecule is O=C(c1ccc([N+](=O)[O-])cc1)N(CCN1CCOCC1)c1ccccc1. The molecule has 7 nitrogen and oxygen atoms in total. The maximum atomic E-state index is 13.0. The third-order valence-corrected chi connectivity index (χ3v) is 4.38. The van der Waals surface area contributed by atoms with Crippen molar-refractivity contribution in [2.75, 3.05) is 44.3 Å². The molecule has 0 bridgehead atoms. The zero-order chi connectivity index (χ0) is 18.4. The molecular formula is C19H21N3O4. The number of carbonyl (C=O) groups is 1. The molecule has 1 aliphatic heterocycles. The summed E-state index contributed by atoms with van der Waals surface area (Å²) in [6.45, 7) is 4.42. The van der Waals surface area contributed by atoms with E-state index in [-0.39, 0.29) is 11.6 Å². The second-order valence-electron chi connectivity index (χ2n) is 6.05. The van der Waals surface area contributed by atoms with Crippen LogP contribution < -0.4 is 4.90 Å². The number of nitrogens with zero attached hydrogens (tertiary/aromatic N) is 3. The third-order valence-electron chi connectivity index (χ3n) is 4.38. The summed E-state index contributed by atoms with van der Waals surface area (Å²) in [6, 6.07) is 15.2. The molecule has 26 heavy (non-hydrogen) atoms. The van der Waals surface area contributed by atoms with Gasteiger partial charge in [0.2, 0.25) is 0 Å². The Kier molecular flexibility index (Phi) is 5.93. The Hall–Kier alpha value is -2.77. The highest BCUT2D eigenvalue weighted by Gasteiger charge is 2.20. The van der Waals surface area contributed by atoms with Gasteiger partial charge in [-0.05, 0) is 24.3 Å². The second-order valence-corrected chi connectivity index (χ2v) is 6.05. The minimum absolute atomic E-state index is 0.0267. The van der Waals surface area contributed by atoms with Crippen LogP contribution in [0, 0.1) is 10.1 Å². The van der Waals surface area contributed by atoms with Gasteiger partial charge < -0.3 is 9.64 Å². The van der Waals surface area contributed by atoms with Crippen LogP contribution in [0.5, 0.6) is 0 Å². The molecule has 2 aromatic rings. The summed E-state index contributed by atoms with van der Waals surface area (Å²) >= 11 is 0. The topological polar surface area (TPSA) is 75.9 Å². The van der Waals surface area contributed by atoms with E-state index < -0.39 is 4.92 Å². The third kappa shape index (κ3) is 4.44. The van der Waals surface area contributed by atoms with Gasteiger partial charge in [-0.2, -0.15) is 0 Å². The van der Waals surface area contributed by atoms with Crippen molar-refractivity contribution in [2.24, 2.45) is 0 Å². The van der Waals surface area contributed by atoms with Crippen molar-refractivity contribution < 1.29 is 14.5 Å². The van der Waals surface area contributed by atoms with E-state index >= 15 is 0 Å². The number of hydrogen-bond acceptors (Lipinski definition) is 5. The Balaban J connectivity index is 1.77. The predicted octanol–water partition coefficient (Wildman–Crippen LogP) is 2.57. The fourth-order valence-corrected chi connectivity index (χ4v) is 2.90. The molecule has 0 aliphatic carbocycles. The van der Waals surface area contributed by atoms with Crippen molar-refractivity contribution in [1.29, 1.82) is 0 Å². The van der Waals surface area contributed by atoms with Crippen LogP contribution in [0.25, 0.3) is 0 Å². The highest BCUT2D eigenvalue weighted by Crippen LogP contribution is 2.19. The lowest BCUT2D eigenvalue weighted by atomic mass is 10.1. The number of anilines is 1. The molecule has 1 saturated heterocycles. The number of nitro benzene ring substituents is 1. The Labute approximate surface area is 151 Å². The van der Waals surface area contributed by atoms with Gasteiger partial charge in [-0.15, -0.1) is 0 Å². The molecule has 136 valence electrons. The van der Waals surface area contributed by atoms with Crippen LogP contribution in [-0.4, -0.2) is 55.1 Å². The van der Waals surface area contributed by atoms with Crippen LogP contribution in [0.1, 0.15) is 10.4 Å². The molecule has 0 atom stereocenters. The van der Waals surface area contributed by atoms with Crippen LogP contribution in [0.2, 0.25) is 0 Å². The minimum Gasteiger partial charge on any atom is -0.379 e. The number of non-ortho nitro benzene ring substituents is 1. The highest BCUT2D eigenvalue weighted by molar-refractivity contribution is 6.06. The van der Waals surface area contributed by atoms with Crippen molar-refractivity contribution in [2.45, 2.75) is 0 Å². The molecule has 1 fully saturated rings. The predicted molar refractivity (Wildman–Crippen MR) is 98.5 cm³/mol. The van der Waals surface area contributed by atoms with Gasteiger partial charge in [0.1, 0.15) is 0 Å². The maximum absolute atomic E-state index is 13.0. The zero-order valence-electron chi connectivity index (χ0n) is 14.4. The fourth-order valence-electron chi connectivity index (χ4n) is 2.90. The minimum atomic E-state index is -0.471. The number of morpholine rings is 1. The number of para-hydroxylation sites is 1. The fraction of sp³-hybridized carbons (Fsp3) is 0.316. The number of benzene rings is 2. The van der Waals surface area contributed by atoms with Crippen molar-refractivity contribution in [3.05, 3.63) is 70.3 Å². The largest absolute Gasteiger partial charge is 0.379 e. The number of nitro groups is 1. The zero-order valence-corrected chi connectivity index (χ0v) is 14.4. The van der Waals surface area contributed by atoms with E-state index in [1.165, 1.54) is 24.3 Å². The van der Waals surface area contributed by atoms with Crippen molar-refractivity contribution in [3.8, 4) is 0 Å². The summed E-state index contributed by atoms with van der Waals surface area (Å²) in [7, 11) is 0. The van der Waals surface area contributed by atoms with E-state index in [0.29, 0.717) is 25.3 Å². The van der Waals surface area contributed by atoms with Crippen LogP contribution in [0.4, 0.5) is 11.4 Å². The van der Waals surface area contributed by atoms with Crippen molar-refractivity contribution >= 4 is 17.3 Å². The molecule has 1 amide bonds. The van der Waals surface area contributed by atoms with Crippen molar-refractivity contribution in [1.82, 2.24) is 4.90 Å². The maximum Gasteiger partial charge on any atom is 0.269 e. The van der Waals surface area contributed by atoms with Gasteiger partial charge in [-0.25, -0.2) is 0 Å². The summed E-state index contributed by atoms with van der Waals surface area (Å²) < 4.78 is 5.36. The van der Waals surface area contributed by atoms with Gasteiger partial charge in [-0.3, -0.25) is 19.8 Å². The summed E-state index contributed by atoms with van der Waals surface area (Å²) in [4.78, 5) is 27.3. The molecule has 0 spiro atoms. The molecule has 2 aromatic carbocycles. The number of carbonyl (C=O) groups excluding carboxylic acids is 1. The van der Waals surface area contributed by atoms with E-state index in [2.05, 4.69) is 4.90 Å². The standard InChI is InChI=1S/C19H21N3O4/c23-19(16-6-8-18(9-7-16)22(24)25)21(17-4-2-1-3-5-17)11-10-20-12-14-26-15-13-20/h1-9H,10-15H2. The summed E-state index contributed by atoms with van der Waals surface area (Å²) in [5, 5.41) is 10.8. The molecular weight excluding hydrogens is 334 g/mol. The first-order chi connectivity index (χ1) is 12.6. The smallest absolute Gasteiger partial charge is 0.269 e. The van der Waals surface area contributed by atoms with Gasteiger partial charge in [0, 0.05) is 49.6 Å². The van der Waals surface area contributed by atoms with Gasteiger partial charge in [0.25, 0.3) is 11.6 Å². The quantitative estimate of drug-likeness (QED) is 0.588. The molecule has 1 aliphatic rings. The van der Waals surface area contributed by atoms with Crippen LogP contribution in [-0.2, 0) is 4.74 Å².